The number of likely N-dealkylation sites (N-methyl/N-ethyl adjacent to an activating group) is 1. The number of allylic oxidation sites excluding steroid dienone is 6. The second-order valence-electron chi connectivity index (χ2n) is 11.2. The molecule has 8 nitrogen and oxygen atoms in total. The quantitative estimate of drug-likeness (QED) is 0.0792. The maximum absolute atomic E-state index is 8.05. The summed E-state index contributed by atoms with van der Waals surface area (Å²) in [6.45, 7) is 24.2. The third-order valence-corrected chi connectivity index (χ3v) is 6.91. The number of aliphatic imine (C=N–C) groups is 1. The van der Waals surface area contributed by atoms with Gasteiger partial charge in [0.2, 0.25) is 0 Å². The summed E-state index contributed by atoms with van der Waals surface area (Å²) in [6.07, 6.45) is 16.0. The summed E-state index contributed by atoms with van der Waals surface area (Å²) in [5, 5.41) is 8.05. The lowest BCUT2D eigenvalue weighted by Crippen LogP contribution is -2.36. The average molecular weight is 668 g/mol. The molecule has 0 aliphatic carbocycles. The molecule has 0 spiro atoms. The van der Waals surface area contributed by atoms with Crippen LogP contribution in [-0.4, -0.2) is 88.5 Å². The Labute approximate surface area is 294 Å². The molecule has 0 radical (unpaired) electrons. The molecule has 0 amide bonds. The number of piperidine rings is 1. The van der Waals surface area contributed by atoms with E-state index >= 15 is 0 Å². The van der Waals surface area contributed by atoms with Crippen molar-refractivity contribution in [3.63, 3.8) is 0 Å². The van der Waals surface area contributed by atoms with E-state index in [0.29, 0.717) is 18.2 Å². The molecule has 272 valence electrons. The average Bonchev–Trinajstić information content (AvgIpc) is 3.09. The van der Waals surface area contributed by atoms with Crippen LogP contribution in [0.3, 0.4) is 0 Å². The molecule has 1 aliphatic rings. The zero-order valence-electron chi connectivity index (χ0n) is 32.5. The van der Waals surface area contributed by atoms with E-state index in [2.05, 4.69) is 55.6 Å². The van der Waals surface area contributed by atoms with Crippen molar-refractivity contribution in [3.05, 3.63) is 89.5 Å². The number of hydrogen-bond donors (Lipinski definition) is 2. The summed E-state index contributed by atoms with van der Waals surface area (Å²) in [7, 11) is 7.37. The minimum absolute atomic E-state index is 0.209. The summed E-state index contributed by atoms with van der Waals surface area (Å²) >= 11 is 0. The van der Waals surface area contributed by atoms with E-state index in [1.54, 1.807) is 27.2 Å². The Kier molecular flexibility index (Phi) is 28.6. The smallest absolute Gasteiger partial charge is 0.126 e. The maximum Gasteiger partial charge on any atom is 0.126 e. The highest BCUT2D eigenvalue weighted by atomic mass is 16.5. The first kappa shape index (κ1) is 46.5. The fraction of sp³-hybridized carbons (Fsp3) is 0.550. The van der Waals surface area contributed by atoms with Gasteiger partial charge in [0.1, 0.15) is 29.7 Å². The van der Waals surface area contributed by atoms with Crippen molar-refractivity contribution in [1.29, 1.82) is 5.41 Å². The highest BCUT2D eigenvalue weighted by molar-refractivity contribution is 6.09. The van der Waals surface area contributed by atoms with Gasteiger partial charge in [-0.1, -0.05) is 58.9 Å². The van der Waals surface area contributed by atoms with Gasteiger partial charge < -0.3 is 35.2 Å². The first-order chi connectivity index (χ1) is 23.0. The molecule has 0 unspecified atom stereocenters. The van der Waals surface area contributed by atoms with E-state index in [4.69, 9.17) is 30.3 Å². The number of hydrogen-bond acceptors (Lipinski definition) is 7. The zero-order valence-corrected chi connectivity index (χ0v) is 32.5. The molecule has 1 aromatic carbocycles. The van der Waals surface area contributed by atoms with Crippen molar-refractivity contribution in [1.82, 2.24) is 9.80 Å². The van der Waals surface area contributed by atoms with Crippen LogP contribution in [0.2, 0.25) is 0 Å². The Balaban J connectivity index is 0. The number of nitrogens with one attached hydrogen (secondary N) is 1. The lowest BCUT2D eigenvalue weighted by molar-refractivity contribution is 0.192. The Hall–Kier alpha value is -3.62. The number of likely N-dealkylation sites (tertiary alicyclic amines) is 1. The van der Waals surface area contributed by atoms with Crippen molar-refractivity contribution >= 4 is 11.5 Å². The van der Waals surface area contributed by atoms with Crippen molar-refractivity contribution < 1.29 is 14.2 Å². The van der Waals surface area contributed by atoms with Crippen molar-refractivity contribution in [2.24, 2.45) is 10.7 Å². The molecule has 1 aliphatic heterocycles. The van der Waals surface area contributed by atoms with Gasteiger partial charge in [-0.15, -0.1) is 0 Å². The molecule has 0 bridgehead atoms. The van der Waals surface area contributed by atoms with Crippen LogP contribution in [0.4, 0.5) is 0 Å². The minimum atomic E-state index is 0.209. The topological polar surface area (TPSA) is 96.4 Å². The fourth-order valence-corrected chi connectivity index (χ4v) is 4.37. The number of ether oxygens (including phenoxy) is 3. The van der Waals surface area contributed by atoms with Gasteiger partial charge in [-0.25, -0.2) is 0 Å². The summed E-state index contributed by atoms with van der Waals surface area (Å²) in [5.41, 5.74) is 9.68. The minimum Gasteiger partial charge on any atom is -0.497 e. The van der Waals surface area contributed by atoms with E-state index in [1.165, 1.54) is 5.57 Å². The normalized spacial score (nSPS) is 14.1. The molecular formula is C40H69N5O3. The van der Waals surface area contributed by atoms with Crippen molar-refractivity contribution in [3.8, 4) is 5.75 Å². The Morgan fingerprint density at radius 2 is 1.69 bits per heavy atom. The standard InChI is InChI=1S/C27H43N5O2.C9H14O.2C2H6/c1-6-9-23(34-19-18-31(3)4)10-7-8-15-32-16-13-22(14-17-32)30-27(29)26-20-24(33-5)11-12-25(26)21(2)28;1-5-9(10-4)7-6-8(2)3;2*1-2/h7,9-12,20,22,28H,6,8,13-19H2,1-5H3,(H2,29,30);5-7H,1H2,2-4H3;2*1-2H3/b10-7-,23-9+,28-21?;9-7+;;. The summed E-state index contributed by atoms with van der Waals surface area (Å²) in [4.78, 5) is 9.43. The number of methoxy groups -OCH3 is 2. The van der Waals surface area contributed by atoms with Gasteiger partial charge >= 0.3 is 0 Å². The fourth-order valence-electron chi connectivity index (χ4n) is 4.37. The van der Waals surface area contributed by atoms with Crippen molar-refractivity contribution in [2.45, 2.75) is 87.1 Å². The Bertz CT molecular complexity index is 1170. The van der Waals surface area contributed by atoms with Crippen LogP contribution >= 0.6 is 0 Å². The molecule has 8 heteroatoms. The molecule has 2 rings (SSSR count). The van der Waals surface area contributed by atoms with Gasteiger partial charge in [0.15, 0.2) is 0 Å². The number of nitrogens with two attached hydrogens (primary N) is 1. The van der Waals surface area contributed by atoms with Gasteiger partial charge in [0, 0.05) is 43.0 Å². The van der Waals surface area contributed by atoms with Gasteiger partial charge in [-0.3, -0.25) is 4.99 Å². The first-order valence-corrected chi connectivity index (χ1v) is 17.5. The third-order valence-electron chi connectivity index (χ3n) is 6.91. The molecule has 0 aromatic heterocycles. The molecule has 1 heterocycles. The summed E-state index contributed by atoms with van der Waals surface area (Å²) < 4.78 is 16.2. The van der Waals surface area contributed by atoms with Crippen LogP contribution in [-0.2, 0) is 9.47 Å². The second kappa shape index (κ2) is 29.5. The van der Waals surface area contributed by atoms with Crippen LogP contribution in [0.1, 0.15) is 92.2 Å². The third kappa shape index (κ3) is 21.3. The van der Waals surface area contributed by atoms with Gasteiger partial charge in [0.25, 0.3) is 0 Å². The second-order valence-corrected chi connectivity index (χ2v) is 11.2. The maximum atomic E-state index is 8.05. The number of rotatable bonds is 16. The summed E-state index contributed by atoms with van der Waals surface area (Å²) in [6, 6.07) is 5.82. The molecule has 1 aromatic rings. The van der Waals surface area contributed by atoms with Crippen LogP contribution in [0.25, 0.3) is 0 Å². The molecule has 1 fully saturated rings. The van der Waals surface area contributed by atoms with Crippen LogP contribution in [0.15, 0.2) is 83.3 Å². The summed E-state index contributed by atoms with van der Waals surface area (Å²) in [5.74, 6) is 2.97. The lowest BCUT2D eigenvalue weighted by Gasteiger charge is -2.30. The van der Waals surface area contributed by atoms with Crippen molar-refractivity contribution in [2.75, 3.05) is 61.1 Å². The van der Waals surface area contributed by atoms with Crippen LogP contribution in [0, 0.1) is 5.41 Å². The van der Waals surface area contributed by atoms with E-state index in [-0.39, 0.29) is 6.04 Å². The van der Waals surface area contributed by atoms with Crippen LogP contribution < -0.4 is 10.5 Å². The monoisotopic (exact) mass is 668 g/mol. The highest BCUT2D eigenvalue weighted by Crippen LogP contribution is 2.20. The SMILES string of the molecule is C=C/C(=C\C=C(C)C)OC.CC.CC.CC/C=C(\C=C/CCN1CCC(N=C(N)c2cc(OC)ccc2C(C)=N)CC1)OCCN(C)C. The van der Waals surface area contributed by atoms with Gasteiger partial charge in [-0.2, -0.15) is 0 Å². The van der Waals surface area contributed by atoms with E-state index in [1.807, 2.05) is 71.9 Å². The van der Waals surface area contributed by atoms with E-state index < -0.39 is 0 Å². The molecule has 0 saturated carbocycles. The number of amidine groups is 1. The largest absolute Gasteiger partial charge is 0.497 e. The highest BCUT2D eigenvalue weighted by Gasteiger charge is 2.19. The van der Waals surface area contributed by atoms with Gasteiger partial charge in [-0.05, 0) is 103 Å². The first-order valence-electron chi connectivity index (χ1n) is 17.5. The number of nitrogens with zero attached hydrogens (tertiary/aromatic N) is 3. The predicted octanol–water partition coefficient (Wildman–Crippen LogP) is 8.79. The zero-order chi connectivity index (χ0) is 36.9. The van der Waals surface area contributed by atoms with Gasteiger partial charge in [0.05, 0.1) is 20.3 Å². The molecule has 3 N–H and O–H groups in total. The predicted molar refractivity (Wildman–Crippen MR) is 210 cm³/mol. The molecule has 0 atom stereocenters. The molecule has 48 heavy (non-hydrogen) atoms. The van der Waals surface area contributed by atoms with Crippen LogP contribution in [0.5, 0.6) is 5.75 Å². The lowest BCUT2D eigenvalue weighted by atomic mass is 10.0. The molecule has 1 saturated heterocycles. The molecular weight excluding hydrogens is 598 g/mol. The van der Waals surface area contributed by atoms with E-state index in [0.717, 1.165) is 80.3 Å². The number of benzene rings is 1. The Morgan fingerprint density at radius 3 is 2.19 bits per heavy atom. The van der Waals surface area contributed by atoms with E-state index in [9.17, 15) is 0 Å². The Morgan fingerprint density at radius 1 is 1.04 bits per heavy atom.